The highest BCUT2D eigenvalue weighted by Gasteiger charge is 2.29. The Bertz CT molecular complexity index is 972. The second kappa shape index (κ2) is 8.71. The molecule has 1 atom stereocenters. The van der Waals surface area contributed by atoms with Crippen LogP contribution in [0.3, 0.4) is 0 Å². The van der Waals surface area contributed by atoms with Crippen molar-refractivity contribution in [1.82, 2.24) is 10.3 Å². The van der Waals surface area contributed by atoms with Gasteiger partial charge in [-0.1, -0.05) is 11.8 Å². The van der Waals surface area contributed by atoms with Gasteiger partial charge in [0.1, 0.15) is 11.6 Å². The van der Waals surface area contributed by atoms with Gasteiger partial charge in [0.2, 0.25) is 0 Å². The monoisotopic (exact) mass is 385 g/mol. The molecule has 1 aliphatic heterocycles. The zero-order chi connectivity index (χ0) is 20.1. The van der Waals surface area contributed by atoms with E-state index in [1.807, 2.05) is 0 Å². The van der Waals surface area contributed by atoms with Crippen molar-refractivity contribution in [1.29, 1.82) is 0 Å². The van der Waals surface area contributed by atoms with E-state index in [4.69, 9.17) is 9.84 Å². The zero-order valence-electron chi connectivity index (χ0n) is 15.2. The first kappa shape index (κ1) is 19.6. The van der Waals surface area contributed by atoms with E-state index in [9.17, 15) is 14.3 Å². The lowest BCUT2D eigenvalue weighted by Crippen LogP contribution is -2.33. The molecule has 7 nitrogen and oxygen atoms in total. The summed E-state index contributed by atoms with van der Waals surface area (Å²) in [6.07, 6.45) is 3.25. The number of ether oxygens (including phenoxy) is 1. The Morgan fingerprint density at radius 1 is 1.36 bits per heavy atom. The number of aromatic nitrogens is 1. The number of hydrogen-bond acceptors (Lipinski definition) is 5. The maximum absolute atomic E-state index is 14.6. The van der Waals surface area contributed by atoms with Gasteiger partial charge >= 0.3 is 0 Å². The van der Waals surface area contributed by atoms with Gasteiger partial charge in [-0.25, -0.2) is 4.39 Å². The van der Waals surface area contributed by atoms with Crippen molar-refractivity contribution in [2.24, 2.45) is 0 Å². The van der Waals surface area contributed by atoms with Crippen molar-refractivity contribution < 1.29 is 24.1 Å². The van der Waals surface area contributed by atoms with E-state index in [2.05, 4.69) is 27.5 Å². The van der Waals surface area contributed by atoms with Crippen molar-refractivity contribution >= 4 is 23.2 Å². The van der Waals surface area contributed by atoms with Gasteiger partial charge in [-0.2, -0.15) is 0 Å². The molecule has 28 heavy (non-hydrogen) atoms. The van der Waals surface area contributed by atoms with Gasteiger partial charge in [-0.05, 0) is 24.3 Å². The highest BCUT2D eigenvalue weighted by molar-refractivity contribution is 6.35. The Labute approximate surface area is 161 Å². The number of nitrogens with one attached hydrogen (secondary N) is 3. The molecule has 2 heterocycles. The Hall–Kier alpha value is -3.12. The predicted molar refractivity (Wildman–Crippen MR) is 103 cm³/mol. The molecule has 1 aromatic carbocycles. The van der Waals surface area contributed by atoms with Crippen LogP contribution in [0.4, 0.5) is 10.1 Å². The average molecular weight is 385 g/mol. The van der Waals surface area contributed by atoms with Gasteiger partial charge in [-0.3, -0.25) is 10.1 Å². The first-order valence-corrected chi connectivity index (χ1v) is 8.63. The molecule has 0 saturated carbocycles. The molecule has 0 saturated heterocycles. The summed E-state index contributed by atoms with van der Waals surface area (Å²) >= 11 is 0. The van der Waals surface area contributed by atoms with Gasteiger partial charge < -0.3 is 25.3 Å². The van der Waals surface area contributed by atoms with E-state index in [0.717, 1.165) is 0 Å². The number of amides is 1. The Morgan fingerprint density at radius 2 is 2.18 bits per heavy atom. The van der Waals surface area contributed by atoms with Gasteiger partial charge in [0.15, 0.2) is 0 Å². The highest BCUT2D eigenvalue weighted by atomic mass is 19.1. The van der Waals surface area contributed by atoms with Crippen LogP contribution in [0.2, 0.25) is 0 Å². The summed E-state index contributed by atoms with van der Waals surface area (Å²) in [5, 5.41) is 23.8. The predicted octanol–water partition coefficient (Wildman–Crippen LogP) is 0.949. The quantitative estimate of drug-likeness (QED) is 0.376. The van der Waals surface area contributed by atoms with Crippen LogP contribution < -0.4 is 15.4 Å². The number of aliphatic hydroxyl groups excluding tert-OH is 2. The lowest BCUT2D eigenvalue weighted by Gasteiger charge is -2.08. The van der Waals surface area contributed by atoms with Crippen molar-refractivity contribution in [3.8, 4) is 17.6 Å². The maximum Gasteiger partial charge on any atom is 0.256 e. The molecule has 146 valence electrons. The summed E-state index contributed by atoms with van der Waals surface area (Å²) in [6.45, 7) is -0.174. The van der Waals surface area contributed by atoms with Crippen molar-refractivity contribution in [2.45, 2.75) is 6.04 Å². The maximum atomic E-state index is 14.6. The van der Waals surface area contributed by atoms with E-state index in [-0.39, 0.29) is 36.8 Å². The Kier molecular flexibility index (Phi) is 6.11. The van der Waals surface area contributed by atoms with Crippen molar-refractivity contribution in [3.63, 3.8) is 0 Å². The third-order valence-electron chi connectivity index (χ3n) is 4.22. The van der Waals surface area contributed by atoms with E-state index in [1.165, 1.54) is 19.2 Å². The molecule has 3 rings (SSSR count). The molecule has 0 unspecified atom stereocenters. The van der Waals surface area contributed by atoms with E-state index >= 15 is 0 Å². The van der Waals surface area contributed by atoms with Gasteiger partial charge in [0, 0.05) is 18.3 Å². The molecular formula is C20H20FN3O4. The fraction of sp³-hybridized carbons (Fsp3) is 0.250. The van der Waals surface area contributed by atoms with Crippen molar-refractivity contribution in [3.05, 3.63) is 47.0 Å². The number of benzene rings is 1. The van der Waals surface area contributed by atoms with Crippen LogP contribution in [0.15, 0.2) is 24.4 Å². The first-order valence-electron chi connectivity index (χ1n) is 8.63. The lowest BCUT2D eigenvalue weighted by atomic mass is 9.99. The summed E-state index contributed by atoms with van der Waals surface area (Å²) < 4.78 is 19.8. The Balaban J connectivity index is 2.06. The second-order valence-electron chi connectivity index (χ2n) is 6.00. The van der Waals surface area contributed by atoms with Gasteiger partial charge in [0.05, 0.1) is 48.9 Å². The summed E-state index contributed by atoms with van der Waals surface area (Å²) in [7, 11) is 1.51. The molecular weight excluding hydrogens is 365 g/mol. The summed E-state index contributed by atoms with van der Waals surface area (Å²) in [5.41, 5.74) is 1.69. The van der Waals surface area contributed by atoms with E-state index in [1.54, 1.807) is 18.3 Å². The van der Waals surface area contributed by atoms with Crippen LogP contribution in [-0.2, 0) is 4.79 Å². The zero-order valence-corrected chi connectivity index (χ0v) is 15.2. The topological polar surface area (TPSA) is 107 Å². The average Bonchev–Trinajstić information content (AvgIpc) is 3.28. The van der Waals surface area contributed by atoms with Gasteiger partial charge in [-0.15, -0.1) is 0 Å². The Morgan fingerprint density at radius 3 is 2.89 bits per heavy atom. The minimum absolute atomic E-state index is 0.0527. The fourth-order valence-corrected chi connectivity index (χ4v) is 2.89. The highest BCUT2D eigenvalue weighted by Crippen LogP contribution is 2.37. The molecule has 0 spiro atoms. The number of rotatable bonds is 6. The number of halogens is 1. The number of hydrogen-bond donors (Lipinski definition) is 5. The minimum atomic E-state index is -0.636. The fourth-order valence-electron chi connectivity index (χ4n) is 2.89. The van der Waals surface area contributed by atoms with Crippen LogP contribution in [-0.4, -0.2) is 54.0 Å². The van der Waals surface area contributed by atoms with Crippen molar-refractivity contribution in [2.75, 3.05) is 32.2 Å². The summed E-state index contributed by atoms with van der Waals surface area (Å²) in [6, 6.07) is 3.79. The van der Waals surface area contributed by atoms with Gasteiger partial charge in [0.25, 0.3) is 5.91 Å². The minimum Gasteiger partial charge on any atom is -0.495 e. The van der Waals surface area contributed by atoms with Crippen LogP contribution in [0.5, 0.6) is 5.75 Å². The lowest BCUT2D eigenvalue weighted by molar-refractivity contribution is -0.110. The number of fused-ring (bicyclic) bond motifs is 1. The number of H-pyrrole nitrogens is 1. The molecule has 1 amide bonds. The molecule has 5 N–H and O–H groups in total. The number of anilines is 1. The normalized spacial score (nSPS) is 15.0. The number of methoxy groups -OCH3 is 1. The third kappa shape index (κ3) is 3.92. The van der Waals surface area contributed by atoms with Crippen LogP contribution in [0.25, 0.3) is 11.6 Å². The largest absolute Gasteiger partial charge is 0.495 e. The molecule has 1 aromatic heterocycles. The molecule has 8 heteroatoms. The van der Waals surface area contributed by atoms with Crippen LogP contribution in [0.1, 0.15) is 16.8 Å². The number of aliphatic hydroxyl groups is 2. The number of carbonyl (C=O) groups excluding carboxylic acids is 1. The SMILES string of the molecule is COc1cc[nH]c1/C=C1\C(=O)Nc2ccc(F)c(C#C[C@H](CO)NCCO)c21. The molecule has 1 aliphatic rings. The second-order valence-corrected chi connectivity index (χ2v) is 6.00. The van der Waals surface area contributed by atoms with Crippen LogP contribution >= 0.6 is 0 Å². The number of carbonyl (C=O) groups is 1. The standard InChI is InChI=1S/C20H20FN3O4/c1-28-18-6-7-23-17(18)10-14-19-13(3-2-12(11-26)22-8-9-25)15(21)4-5-16(19)24-20(14)27/h4-7,10,12,22-23,25-26H,8-9,11H2,1H3,(H,24,27)/b14-10-/t12-/m1/s1. The first-order chi connectivity index (χ1) is 13.6. The molecule has 0 bridgehead atoms. The van der Waals surface area contributed by atoms with Crippen LogP contribution in [0, 0.1) is 17.7 Å². The number of aromatic amines is 1. The molecule has 0 fully saturated rings. The summed E-state index contributed by atoms with van der Waals surface area (Å²) in [5.74, 6) is 5.07. The molecule has 0 aliphatic carbocycles. The van der Waals surface area contributed by atoms with E-state index in [0.29, 0.717) is 22.7 Å². The van der Waals surface area contributed by atoms with E-state index < -0.39 is 11.9 Å². The third-order valence-corrected chi connectivity index (χ3v) is 4.22. The molecule has 2 aromatic rings. The summed E-state index contributed by atoms with van der Waals surface area (Å²) in [4.78, 5) is 15.4. The smallest absolute Gasteiger partial charge is 0.256 e. The molecule has 0 radical (unpaired) electrons.